The van der Waals surface area contributed by atoms with Crippen LogP contribution >= 0.6 is 11.5 Å². The molecule has 0 atom stereocenters. The van der Waals surface area contributed by atoms with Gasteiger partial charge in [-0.25, -0.2) is 4.79 Å². The van der Waals surface area contributed by atoms with E-state index in [1.54, 1.807) is 38.3 Å². The molecule has 1 N–H and O–H groups in total. The van der Waals surface area contributed by atoms with Crippen molar-refractivity contribution in [3.05, 3.63) is 41.1 Å². The van der Waals surface area contributed by atoms with E-state index >= 15 is 0 Å². The van der Waals surface area contributed by atoms with Crippen LogP contribution in [0.1, 0.15) is 26.4 Å². The van der Waals surface area contributed by atoms with Crippen LogP contribution in [0.25, 0.3) is 0 Å². The number of aryl methyl sites for hydroxylation is 1. The lowest BCUT2D eigenvalue weighted by Gasteiger charge is -2.16. The molecule has 0 radical (unpaired) electrons. The lowest BCUT2D eigenvalue weighted by Crippen LogP contribution is -2.26. The van der Waals surface area contributed by atoms with Crippen molar-refractivity contribution in [2.24, 2.45) is 0 Å². The number of carboxylic acids is 1. The minimum atomic E-state index is -1.09. The van der Waals surface area contributed by atoms with Gasteiger partial charge in [0, 0.05) is 12.6 Å². The highest BCUT2D eigenvalue weighted by atomic mass is 32.1. The van der Waals surface area contributed by atoms with Gasteiger partial charge >= 0.3 is 5.97 Å². The van der Waals surface area contributed by atoms with Crippen molar-refractivity contribution >= 4 is 28.4 Å². The normalized spacial score (nSPS) is 10.2. The Labute approximate surface area is 125 Å². The zero-order chi connectivity index (χ0) is 15.6. The summed E-state index contributed by atoms with van der Waals surface area (Å²) in [5.41, 5.74) is 0.905. The number of aromatic carboxylic acids is 1. The van der Waals surface area contributed by atoms with Crippen LogP contribution in [0.2, 0.25) is 0 Å². The summed E-state index contributed by atoms with van der Waals surface area (Å²) in [6.07, 6.45) is 0. The van der Waals surface area contributed by atoms with Crippen LogP contribution in [0.4, 0.5) is 5.00 Å². The number of aromatic nitrogens is 1. The van der Waals surface area contributed by atoms with Gasteiger partial charge in [-0.05, 0) is 42.7 Å². The number of nitrogens with zero attached hydrogens (tertiary/aromatic N) is 2. The van der Waals surface area contributed by atoms with Crippen LogP contribution < -0.4 is 9.64 Å². The van der Waals surface area contributed by atoms with Gasteiger partial charge in [-0.1, -0.05) is 0 Å². The smallest absolute Gasteiger partial charge is 0.340 e. The third-order valence-corrected chi connectivity index (χ3v) is 4.02. The first kappa shape index (κ1) is 15.0. The van der Waals surface area contributed by atoms with Gasteiger partial charge in [-0.2, -0.15) is 4.37 Å². The molecule has 0 saturated heterocycles. The van der Waals surface area contributed by atoms with E-state index in [4.69, 9.17) is 4.74 Å². The Balaban J connectivity index is 2.32. The quantitative estimate of drug-likeness (QED) is 0.938. The highest BCUT2D eigenvalue weighted by Gasteiger charge is 2.24. The molecule has 21 heavy (non-hydrogen) atoms. The first-order valence-corrected chi connectivity index (χ1v) is 6.84. The number of carboxylic acid groups (broad SMARTS) is 1. The molecule has 0 aliphatic carbocycles. The van der Waals surface area contributed by atoms with Crippen LogP contribution in [0.15, 0.2) is 24.3 Å². The minimum absolute atomic E-state index is 0.0596. The van der Waals surface area contributed by atoms with E-state index in [0.717, 1.165) is 11.5 Å². The SMILES string of the molecule is COc1ccc(C(=O)N(C)c2snc(C)c2C(=O)O)cc1. The number of hydrogen-bond donors (Lipinski definition) is 1. The molecule has 1 aromatic heterocycles. The van der Waals surface area contributed by atoms with Gasteiger partial charge in [0.25, 0.3) is 5.91 Å². The molecule has 0 unspecified atom stereocenters. The van der Waals surface area contributed by atoms with Gasteiger partial charge in [0.1, 0.15) is 16.3 Å². The second-order valence-electron chi connectivity index (χ2n) is 4.35. The minimum Gasteiger partial charge on any atom is -0.497 e. The Morgan fingerprint density at radius 3 is 2.43 bits per heavy atom. The second kappa shape index (κ2) is 5.92. The number of benzene rings is 1. The van der Waals surface area contributed by atoms with Crippen molar-refractivity contribution in [1.29, 1.82) is 0 Å². The van der Waals surface area contributed by atoms with Gasteiger partial charge in [-0.15, -0.1) is 0 Å². The fourth-order valence-electron chi connectivity index (χ4n) is 1.85. The zero-order valence-electron chi connectivity index (χ0n) is 11.8. The summed E-state index contributed by atoms with van der Waals surface area (Å²) in [5.74, 6) is -0.747. The summed E-state index contributed by atoms with van der Waals surface area (Å²) in [4.78, 5) is 25.0. The molecule has 1 heterocycles. The molecule has 0 fully saturated rings. The Morgan fingerprint density at radius 2 is 1.90 bits per heavy atom. The molecule has 0 aliphatic rings. The van der Waals surface area contributed by atoms with E-state index in [1.165, 1.54) is 11.9 Å². The van der Waals surface area contributed by atoms with E-state index < -0.39 is 5.97 Å². The van der Waals surface area contributed by atoms with E-state index in [9.17, 15) is 14.7 Å². The lowest BCUT2D eigenvalue weighted by atomic mass is 10.2. The van der Waals surface area contributed by atoms with Crippen LogP contribution in [0.5, 0.6) is 5.75 Å². The first-order chi connectivity index (χ1) is 9.95. The summed E-state index contributed by atoms with van der Waals surface area (Å²) in [7, 11) is 3.08. The predicted octanol–water partition coefficient (Wildman–Crippen LogP) is 2.43. The molecule has 6 nitrogen and oxygen atoms in total. The Kier molecular flexibility index (Phi) is 4.23. The summed E-state index contributed by atoms with van der Waals surface area (Å²) in [6, 6.07) is 6.62. The number of ether oxygens (including phenoxy) is 1. The standard InChI is InChI=1S/C14H14N2O4S/c1-8-11(14(18)19)13(21-15-8)16(2)12(17)9-4-6-10(20-3)7-5-9/h4-7H,1-3H3,(H,18,19). The monoisotopic (exact) mass is 306 g/mol. The van der Waals surface area contributed by atoms with Crippen LogP contribution in [0.3, 0.4) is 0 Å². The molecule has 0 saturated carbocycles. The number of amides is 1. The number of anilines is 1. The molecule has 2 rings (SSSR count). The molecule has 0 aliphatic heterocycles. The maximum Gasteiger partial charge on any atom is 0.340 e. The fourth-order valence-corrected chi connectivity index (χ4v) is 2.70. The molecule has 0 spiro atoms. The van der Waals surface area contributed by atoms with Crippen LogP contribution in [-0.4, -0.2) is 35.5 Å². The van der Waals surface area contributed by atoms with Gasteiger partial charge in [0.05, 0.1) is 12.8 Å². The molecule has 110 valence electrons. The van der Waals surface area contributed by atoms with Crippen molar-refractivity contribution in [3.8, 4) is 5.75 Å². The van der Waals surface area contributed by atoms with E-state index in [1.807, 2.05) is 0 Å². The van der Waals surface area contributed by atoms with Crippen LogP contribution in [-0.2, 0) is 0 Å². The summed E-state index contributed by atoms with van der Waals surface area (Å²) >= 11 is 0.993. The average Bonchev–Trinajstić information content (AvgIpc) is 2.87. The van der Waals surface area contributed by atoms with Gasteiger partial charge in [-0.3, -0.25) is 4.79 Å². The first-order valence-electron chi connectivity index (χ1n) is 6.07. The van der Waals surface area contributed by atoms with Crippen molar-refractivity contribution < 1.29 is 19.4 Å². The van der Waals surface area contributed by atoms with E-state index in [-0.39, 0.29) is 11.5 Å². The third-order valence-electron chi connectivity index (χ3n) is 3.00. The average molecular weight is 306 g/mol. The maximum atomic E-state index is 12.4. The molecule has 1 amide bonds. The molecule has 0 bridgehead atoms. The number of rotatable bonds is 4. The molecular weight excluding hydrogens is 292 g/mol. The summed E-state index contributed by atoms with van der Waals surface area (Å²) < 4.78 is 9.05. The Bertz CT molecular complexity index is 679. The van der Waals surface area contributed by atoms with Crippen molar-refractivity contribution in [1.82, 2.24) is 4.37 Å². The fraction of sp³-hybridized carbons (Fsp3) is 0.214. The van der Waals surface area contributed by atoms with Crippen molar-refractivity contribution in [2.45, 2.75) is 6.92 Å². The number of carbonyl (C=O) groups excluding carboxylic acids is 1. The Morgan fingerprint density at radius 1 is 1.29 bits per heavy atom. The van der Waals surface area contributed by atoms with E-state index in [2.05, 4.69) is 4.37 Å². The summed E-state index contributed by atoms with van der Waals surface area (Å²) in [6.45, 7) is 1.61. The Hall–Kier alpha value is -2.41. The largest absolute Gasteiger partial charge is 0.497 e. The zero-order valence-corrected chi connectivity index (χ0v) is 12.6. The lowest BCUT2D eigenvalue weighted by molar-refractivity contribution is 0.0697. The highest BCUT2D eigenvalue weighted by molar-refractivity contribution is 7.11. The second-order valence-corrected chi connectivity index (χ2v) is 5.10. The number of carbonyl (C=O) groups is 2. The van der Waals surface area contributed by atoms with E-state index in [0.29, 0.717) is 22.0 Å². The predicted molar refractivity (Wildman–Crippen MR) is 79.5 cm³/mol. The molecular formula is C14H14N2O4S. The highest BCUT2D eigenvalue weighted by Crippen LogP contribution is 2.29. The topological polar surface area (TPSA) is 79.7 Å². The third kappa shape index (κ3) is 2.87. The van der Waals surface area contributed by atoms with Crippen molar-refractivity contribution in [3.63, 3.8) is 0 Å². The maximum absolute atomic E-state index is 12.4. The molecule has 2 aromatic rings. The van der Waals surface area contributed by atoms with Gasteiger partial charge in [0.2, 0.25) is 0 Å². The summed E-state index contributed by atoms with van der Waals surface area (Å²) in [5, 5.41) is 9.54. The van der Waals surface area contributed by atoms with Gasteiger partial charge < -0.3 is 14.7 Å². The molecule has 7 heteroatoms. The van der Waals surface area contributed by atoms with Gasteiger partial charge in [0.15, 0.2) is 0 Å². The number of hydrogen-bond acceptors (Lipinski definition) is 5. The van der Waals surface area contributed by atoms with Crippen molar-refractivity contribution in [2.75, 3.05) is 19.1 Å². The number of methoxy groups -OCH3 is 1. The van der Waals surface area contributed by atoms with Crippen LogP contribution in [0, 0.1) is 6.92 Å². The molecule has 1 aromatic carbocycles.